The van der Waals surface area contributed by atoms with Crippen molar-refractivity contribution in [3.8, 4) is 5.69 Å². The summed E-state index contributed by atoms with van der Waals surface area (Å²) in [6.45, 7) is 6.32. The van der Waals surface area contributed by atoms with Crippen LogP contribution in [0.25, 0.3) is 5.69 Å². The zero-order chi connectivity index (χ0) is 15.5. The molecule has 4 heteroatoms. The summed E-state index contributed by atoms with van der Waals surface area (Å²) in [5.74, 6) is 0. The number of piperidine rings is 1. The minimum absolute atomic E-state index is 0.227. The molecule has 1 aromatic carbocycles. The molecule has 22 heavy (non-hydrogen) atoms. The number of hydrogen-bond acceptors (Lipinski definition) is 3. The molecule has 1 fully saturated rings. The van der Waals surface area contributed by atoms with Crippen LogP contribution >= 0.6 is 0 Å². The first-order chi connectivity index (χ1) is 10.6. The van der Waals surface area contributed by atoms with E-state index in [1.54, 1.807) is 0 Å². The summed E-state index contributed by atoms with van der Waals surface area (Å²) in [5.41, 5.74) is 9.70. The number of likely N-dealkylation sites (tertiary alicyclic amines) is 1. The van der Waals surface area contributed by atoms with Gasteiger partial charge in [-0.25, -0.2) is 4.68 Å². The maximum absolute atomic E-state index is 6.18. The van der Waals surface area contributed by atoms with Crippen molar-refractivity contribution >= 4 is 0 Å². The lowest BCUT2D eigenvalue weighted by atomic mass is 9.96. The highest BCUT2D eigenvalue weighted by Crippen LogP contribution is 2.23. The Kier molecular flexibility index (Phi) is 4.60. The highest BCUT2D eigenvalue weighted by atomic mass is 15.3. The van der Waals surface area contributed by atoms with Gasteiger partial charge in [0.25, 0.3) is 0 Å². The quantitative estimate of drug-likeness (QED) is 0.944. The summed E-state index contributed by atoms with van der Waals surface area (Å²) >= 11 is 0. The van der Waals surface area contributed by atoms with Crippen molar-refractivity contribution in [2.45, 2.75) is 51.7 Å². The van der Waals surface area contributed by atoms with E-state index in [-0.39, 0.29) is 6.04 Å². The van der Waals surface area contributed by atoms with E-state index in [1.807, 2.05) is 22.9 Å². The third kappa shape index (κ3) is 3.23. The SMILES string of the molecule is Cc1nn(-c2ccccc2)cc1CN1CCCC[C@@H]1[C@@H](C)N. The molecule has 0 saturated carbocycles. The zero-order valence-electron chi connectivity index (χ0n) is 13.6. The van der Waals surface area contributed by atoms with Crippen LogP contribution in [0.2, 0.25) is 0 Å². The Labute approximate surface area is 132 Å². The van der Waals surface area contributed by atoms with Gasteiger partial charge in [-0.05, 0) is 45.4 Å². The van der Waals surface area contributed by atoms with Gasteiger partial charge >= 0.3 is 0 Å². The van der Waals surface area contributed by atoms with Gasteiger partial charge in [-0.3, -0.25) is 4.90 Å². The molecule has 1 aliphatic heterocycles. The lowest BCUT2D eigenvalue weighted by Gasteiger charge is -2.37. The van der Waals surface area contributed by atoms with Gasteiger partial charge in [0.2, 0.25) is 0 Å². The van der Waals surface area contributed by atoms with Crippen LogP contribution in [0.4, 0.5) is 0 Å². The van der Waals surface area contributed by atoms with Gasteiger partial charge < -0.3 is 5.73 Å². The van der Waals surface area contributed by atoms with Crippen molar-refractivity contribution in [1.29, 1.82) is 0 Å². The predicted molar refractivity (Wildman–Crippen MR) is 90.0 cm³/mol. The molecule has 0 aliphatic carbocycles. The van der Waals surface area contributed by atoms with Crippen molar-refractivity contribution in [1.82, 2.24) is 14.7 Å². The van der Waals surface area contributed by atoms with Gasteiger partial charge in [0.05, 0.1) is 11.4 Å². The average Bonchev–Trinajstić information content (AvgIpc) is 2.90. The van der Waals surface area contributed by atoms with Crippen LogP contribution in [0.15, 0.2) is 36.5 Å². The average molecular weight is 298 g/mol. The predicted octanol–water partition coefficient (Wildman–Crippen LogP) is 2.88. The molecule has 2 heterocycles. The molecular formula is C18H26N4. The van der Waals surface area contributed by atoms with E-state index in [0.29, 0.717) is 6.04 Å². The van der Waals surface area contributed by atoms with Crippen LogP contribution < -0.4 is 5.73 Å². The normalized spacial score (nSPS) is 21.0. The number of para-hydroxylation sites is 1. The molecule has 0 radical (unpaired) electrons. The van der Waals surface area contributed by atoms with E-state index in [0.717, 1.165) is 24.5 Å². The molecular weight excluding hydrogens is 272 g/mol. The summed E-state index contributed by atoms with van der Waals surface area (Å²) in [6.07, 6.45) is 5.95. The van der Waals surface area contributed by atoms with E-state index in [1.165, 1.54) is 24.8 Å². The van der Waals surface area contributed by atoms with Crippen LogP contribution in [0, 0.1) is 6.92 Å². The van der Waals surface area contributed by atoms with Crippen molar-refractivity contribution in [2.75, 3.05) is 6.54 Å². The van der Waals surface area contributed by atoms with Gasteiger partial charge in [-0.1, -0.05) is 24.6 Å². The Morgan fingerprint density at radius 3 is 2.77 bits per heavy atom. The van der Waals surface area contributed by atoms with Crippen molar-refractivity contribution in [3.63, 3.8) is 0 Å². The number of aryl methyl sites for hydroxylation is 1. The van der Waals surface area contributed by atoms with Crippen LogP contribution in [0.3, 0.4) is 0 Å². The molecule has 2 aromatic rings. The first-order valence-electron chi connectivity index (χ1n) is 8.25. The molecule has 4 nitrogen and oxygen atoms in total. The molecule has 0 amide bonds. The topological polar surface area (TPSA) is 47.1 Å². The van der Waals surface area contributed by atoms with E-state index in [4.69, 9.17) is 5.73 Å². The molecule has 0 spiro atoms. The fourth-order valence-corrected chi connectivity index (χ4v) is 3.39. The summed E-state index contributed by atoms with van der Waals surface area (Å²) in [5, 5.41) is 4.68. The minimum atomic E-state index is 0.227. The molecule has 1 saturated heterocycles. The van der Waals surface area contributed by atoms with Gasteiger partial charge in [0.1, 0.15) is 0 Å². The molecule has 0 unspecified atom stereocenters. The number of nitrogens with two attached hydrogens (primary N) is 1. The Balaban J connectivity index is 1.79. The first-order valence-corrected chi connectivity index (χ1v) is 8.25. The molecule has 1 aromatic heterocycles. The summed E-state index contributed by atoms with van der Waals surface area (Å²) in [7, 11) is 0. The molecule has 1 aliphatic rings. The smallest absolute Gasteiger partial charge is 0.0645 e. The van der Waals surface area contributed by atoms with Crippen molar-refractivity contribution < 1.29 is 0 Å². The fraction of sp³-hybridized carbons (Fsp3) is 0.500. The van der Waals surface area contributed by atoms with Gasteiger partial charge in [-0.15, -0.1) is 0 Å². The molecule has 118 valence electrons. The number of benzene rings is 1. The van der Waals surface area contributed by atoms with Gasteiger partial charge in [0, 0.05) is 30.4 Å². The second-order valence-electron chi connectivity index (χ2n) is 6.41. The van der Waals surface area contributed by atoms with Crippen LogP contribution in [0.1, 0.15) is 37.4 Å². The fourth-order valence-electron chi connectivity index (χ4n) is 3.39. The van der Waals surface area contributed by atoms with Crippen molar-refractivity contribution in [2.24, 2.45) is 5.73 Å². The van der Waals surface area contributed by atoms with E-state index in [9.17, 15) is 0 Å². The van der Waals surface area contributed by atoms with Crippen molar-refractivity contribution in [3.05, 3.63) is 47.8 Å². The first kappa shape index (κ1) is 15.3. The Morgan fingerprint density at radius 2 is 2.05 bits per heavy atom. The largest absolute Gasteiger partial charge is 0.327 e. The summed E-state index contributed by atoms with van der Waals surface area (Å²) in [4.78, 5) is 2.54. The Hall–Kier alpha value is -1.65. The number of rotatable bonds is 4. The molecule has 3 rings (SSSR count). The standard InChI is InChI=1S/C18H26N4/c1-14(19)18-10-6-7-11-21(18)12-16-13-22(20-15(16)2)17-8-4-3-5-9-17/h3-5,8-9,13-14,18H,6-7,10-12,19H2,1-2H3/t14-,18-/m1/s1. The van der Waals surface area contributed by atoms with Gasteiger partial charge in [-0.2, -0.15) is 5.10 Å². The van der Waals surface area contributed by atoms with Crippen LogP contribution in [-0.2, 0) is 6.54 Å². The summed E-state index contributed by atoms with van der Waals surface area (Å²) in [6, 6.07) is 11.0. The lowest BCUT2D eigenvalue weighted by molar-refractivity contribution is 0.123. The second-order valence-corrected chi connectivity index (χ2v) is 6.41. The van der Waals surface area contributed by atoms with Crippen LogP contribution in [0.5, 0.6) is 0 Å². The number of hydrogen-bond donors (Lipinski definition) is 1. The Morgan fingerprint density at radius 1 is 1.27 bits per heavy atom. The highest BCUT2D eigenvalue weighted by molar-refractivity contribution is 5.32. The second kappa shape index (κ2) is 6.63. The number of aromatic nitrogens is 2. The van der Waals surface area contributed by atoms with Gasteiger partial charge in [0.15, 0.2) is 0 Å². The highest BCUT2D eigenvalue weighted by Gasteiger charge is 2.26. The third-order valence-electron chi connectivity index (χ3n) is 4.67. The molecule has 2 N–H and O–H groups in total. The van der Waals surface area contributed by atoms with Crippen LogP contribution in [-0.4, -0.2) is 33.3 Å². The summed E-state index contributed by atoms with van der Waals surface area (Å²) < 4.78 is 1.98. The molecule has 0 bridgehead atoms. The minimum Gasteiger partial charge on any atom is -0.327 e. The Bertz CT molecular complexity index is 603. The number of nitrogens with zero attached hydrogens (tertiary/aromatic N) is 3. The monoisotopic (exact) mass is 298 g/mol. The maximum atomic E-state index is 6.18. The third-order valence-corrected chi connectivity index (χ3v) is 4.67. The molecule has 2 atom stereocenters. The van der Waals surface area contributed by atoms with E-state index in [2.05, 4.69) is 42.2 Å². The lowest BCUT2D eigenvalue weighted by Crippen LogP contribution is -2.48. The van der Waals surface area contributed by atoms with E-state index >= 15 is 0 Å². The van der Waals surface area contributed by atoms with E-state index < -0.39 is 0 Å². The zero-order valence-corrected chi connectivity index (χ0v) is 13.6. The maximum Gasteiger partial charge on any atom is 0.0645 e.